The highest BCUT2D eigenvalue weighted by atomic mass is 35.5. The van der Waals surface area contributed by atoms with Crippen molar-refractivity contribution in [1.82, 2.24) is 15.1 Å². The third-order valence-corrected chi connectivity index (χ3v) is 3.92. The Morgan fingerprint density at radius 2 is 2.28 bits per heavy atom. The van der Waals surface area contributed by atoms with Crippen molar-refractivity contribution in [2.75, 3.05) is 13.1 Å². The van der Waals surface area contributed by atoms with E-state index in [0.717, 1.165) is 49.9 Å². The lowest BCUT2D eigenvalue weighted by Gasteiger charge is -2.22. The molecule has 1 aromatic rings. The van der Waals surface area contributed by atoms with Gasteiger partial charge in [0.1, 0.15) is 0 Å². The highest BCUT2D eigenvalue weighted by Gasteiger charge is 2.32. The molecule has 1 saturated heterocycles. The fraction of sp³-hybridized carbons (Fsp3) is 0.667. The summed E-state index contributed by atoms with van der Waals surface area (Å²) in [5, 5.41) is 7.19. The van der Waals surface area contributed by atoms with Gasteiger partial charge >= 0.3 is 0 Å². The standard InChI is InChI=1S/C12H18N4O.ClH/c13-7-8-3-2-6-16(8)12(17)11-9-4-1-5-10(9)14-15-11;/h8H,1-7,13H2,(H,14,15);1H. The molecule has 1 atom stereocenters. The molecule has 2 heterocycles. The molecule has 100 valence electrons. The van der Waals surface area contributed by atoms with E-state index in [9.17, 15) is 4.79 Å². The van der Waals surface area contributed by atoms with Gasteiger partial charge in [0, 0.05) is 30.4 Å². The number of rotatable bonds is 2. The molecule has 6 heteroatoms. The summed E-state index contributed by atoms with van der Waals surface area (Å²) >= 11 is 0. The lowest BCUT2D eigenvalue weighted by atomic mass is 10.1. The molecule has 0 saturated carbocycles. The van der Waals surface area contributed by atoms with Gasteiger partial charge in [0.2, 0.25) is 0 Å². The van der Waals surface area contributed by atoms with Gasteiger partial charge in [-0.3, -0.25) is 9.89 Å². The Hall–Kier alpha value is -1.07. The van der Waals surface area contributed by atoms with E-state index in [0.29, 0.717) is 12.2 Å². The van der Waals surface area contributed by atoms with Crippen LogP contribution in [0.5, 0.6) is 0 Å². The van der Waals surface area contributed by atoms with Gasteiger partial charge < -0.3 is 10.6 Å². The van der Waals surface area contributed by atoms with Crippen molar-refractivity contribution in [1.29, 1.82) is 0 Å². The van der Waals surface area contributed by atoms with Crippen LogP contribution >= 0.6 is 12.4 Å². The van der Waals surface area contributed by atoms with Gasteiger partial charge in [0.15, 0.2) is 5.69 Å². The van der Waals surface area contributed by atoms with E-state index in [1.165, 1.54) is 0 Å². The first-order valence-corrected chi connectivity index (χ1v) is 6.38. The van der Waals surface area contributed by atoms with Crippen LogP contribution in [0.25, 0.3) is 0 Å². The van der Waals surface area contributed by atoms with E-state index < -0.39 is 0 Å². The molecule has 3 N–H and O–H groups in total. The largest absolute Gasteiger partial charge is 0.333 e. The molecule has 0 radical (unpaired) electrons. The quantitative estimate of drug-likeness (QED) is 0.838. The van der Waals surface area contributed by atoms with Crippen molar-refractivity contribution >= 4 is 18.3 Å². The zero-order chi connectivity index (χ0) is 11.8. The molecule has 1 unspecified atom stereocenters. The van der Waals surface area contributed by atoms with E-state index in [2.05, 4.69) is 10.2 Å². The fourth-order valence-electron chi connectivity index (χ4n) is 2.98. The molecule has 5 nitrogen and oxygen atoms in total. The van der Waals surface area contributed by atoms with Crippen molar-refractivity contribution in [2.45, 2.75) is 38.1 Å². The van der Waals surface area contributed by atoms with Crippen LogP contribution in [0.2, 0.25) is 0 Å². The number of halogens is 1. The number of hydrogen-bond acceptors (Lipinski definition) is 3. The molecular weight excluding hydrogens is 252 g/mol. The molecule has 3 rings (SSSR count). The van der Waals surface area contributed by atoms with E-state index in [4.69, 9.17) is 5.73 Å². The number of nitrogens with one attached hydrogen (secondary N) is 1. The van der Waals surface area contributed by atoms with Gasteiger partial charge in [-0.1, -0.05) is 0 Å². The van der Waals surface area contributed by atoms with E-state index >= 15 is 0 Å². The Bertz CT molecular complexity index is 445. The third-order valence-electron chi connectivity index (χ3n) is 3.92. The predicted molar refractivity (Wildman–Crippen MR) is 71.0 cm³/mol. The Morgan fingerprint density at radius 1 is 1.44 bits per heavy atom. The molecule has 0 aromatic carbocycles. The van der Waals surface area contributed by atoms with Crippen LogP contribution in [-0.4, -0.2) is 40.1 Å². The number of nitrogens with zero attached hydrogens (tertiary/aromatic N) is 2. The topological polar surface area (TPSA) is 75.0 Å². The summed E-state index contributed by atoms with van der Waals surface area (Å²) in [6.45, 7) is 1.38. The Kier molecular flexibility index (Phi) is 3.92. The molecule has 1 amide bonds. The Morgan fingerprint density at radius 3 is 3.06 bits per heavy atom. The summed E-state index contributed by atoms with van der Waals surface area (Å²) in [4.78, 5) is 14.3. The molecule has 18 heavy (non-hydrogen) atoms. The first kappa shape index (κ1) is 13.4. The molecule has 0 spiro atoms. The van der Waals surface area contributed by atoms with Gasteiger partial charge in [0.05, 0.1) is 0 Å². The van der Waals surface area contributed by atoms with Crippen LogP contribution in [0, 0.1) is 0 Å². The third kappa shape index (κ3) is 2.01. The second-order valence-electron chi connectivity index (χ2n) is 4.91. The number of aromatic amines is 1. The van der Waals surface area contributed by atoms with Crippen molar-refractivity contribution in [3.05, 3.63) is 17.0 Å². The summed E-state index contributed by atoms with van der Waals surface area (Å²) in [6, 6.07) is 0.205. The SMILES string of the molecule is Cl.NCC1CCCN1C(=O)c1n[nH]c2c1CCC2. The number of fused-ring (bicyclic) bond motifs is 1. The summed E-state index contributed by atoms with van der Waals surface area (Å²) in [6.07, 6.45) is 5.21. The highest BCUT2D eigenvalue weighted by molar-refractivity contribution is 5.94. The molecule has 0 bridgehead atoms. The van der Waals surface area contributed by atoms with Crippen LogP contribution in [0.1, 0.15) is 41.0 Å². The maximum absolute atomic E-state index is 12.4. The zero-order valence-corrected chi connectivity index (χ0v) is 11.1. The van der Waals surface area contributed by atoms with E-state index in [-0.39, 0.29) is 24.4 Å². The molecule has 2 aliphatic rings. The number of amides is 1. The molecule has 1 aliphatic carbocycles. The first-order chi connectivity index (χ1) is 8.31. The van der Waals surface area contributed by atoms with Crippen molar-refractivity contribution < 1.29 is 4.79 Å². The maximum atomic E-state index is 12.4. The van der Waals surface area contributed by atoms with Crippen LogP contribution in [0.3, 0.4) is 0 Å². The summed E-state index contributed by atoms with van der Waals surface area (Å²) < 4.78 is 0. The minimum absolute atomic E-state index is 0. The zero-order valence-electron chi connectivity index (χ0n) is 10.3. The van der Waals surface area contributed by atoms with Crippen molar-refractivity contribution in [2.24, 2.45) is 5.73 Å². The molecule has 1 aromatic heterocycles. The average molecular weight is 271 g/mol. The maximum Gasteiger partial charge on any atom is 0.274 e. The van der Waals surface area contributed by atoms with Crippen LogP contribution < -0.4 is 5.73 Å². The predicted octanol–water partition coefficient (Wildman–Crippen LogP) is 0.883. The summed E-state index contributed by atoms with van der Waals surface area (Å²) in [5.41, 5.74) is 8.63. The van der Waals surface area contributed by atoms with E-state index in [1.54, 1.807) is 0 Å². The summed E-state index contributed by atoms with van der Waals surface area (Å²) in [7, 11) is 0. The van der Waals surface area contributed by atoms with Crippen LogP contribution in [0.4, 0.5) is 0 Å². The molecular formula is C12H19ClN4O. The molecule has 1 aliphatic heterocycles. The number of hydrogen-bond donors (Lipinski definition) is 2. The second kappa shape index (κ2) is 5.28. The molecule has 1 fully saturated rings. The number of carbonyl (C=O) groups excluding carboxylic acids is 1. The van der Waals surface area contributed by atoms with Crippen molar-refractivity contribution in [3.63, 3.8) is 0 Å². The van der Waals surface area contributed by atoms with Gasteiger partial charge in [0.25, 0.3) is 5.91 Å². The normalized spacial score (nSPS) is 21.8. The van der Waals surface area contributed by atoms with Crippen molar-refractivity contribution in [3.8, 4) is 0 Å². The highest BCUT2D eigenvalue weighted by Crippen LogP contribution is 2.26. The Balaban J connectivity index is 0.00000120. The van der Waals surface area contributed by atoms with Crippen LogP contribution in [-0.2, 0) is 12.8 Å². The minimum Gasteiger partial charge on any atom is -0.333 e. The Labute approximate surface area is 113 Å². The van der Waals surface area contributed by atoms with Gasteiger partial charge in [-0.05, 0) is 32.1 Å². The number of nitrogens with two attached hydrogens (primary N) is 1. The number of carbonyl (C=O) groups is 1. The number of H-pyrrole nitrogens is 1. The minimum atomic E-state index is 0. The smallest absolute Gasteiger partial charge is 0.274 e. The number of likely N-dealkylation sites (tertiary alicyclic amines) is 1. The first-order valence-electron chi connectivity index (χ1n) is 6.38. The van der Waals surface area contributed by atoms with Gasteiger partial charge in [-0.15, -0.1) is 12.4 Å². The number of aromatic nitrogens is 2. The number of aryl methyl sites for hydroxylation is 1. The average Bonchev–Trinajstić information content (AvgIpc) is 3.03. The lowest BCUT2D eigenvalue weighted by Crippen LogP contribution is -2.40. The fourth-order valence-corrected chi connectivity index (χ4v) is 2.98. The van der Waals surface area contributed by atoms with Gasteiger partial charge in [-0.25, -0.2) is 0 Å². The van der Waals surface area contributed by atoms with E-state index in [1.807, 2.05) is 4.90 Å². The summed E-state index contributed by atoms with van der Waals surface area (Å²) in [5.74, 6) is 0.0670. The lowest BCUT2D eigenvalue weighted by molar-refractivity contribution is 0.0734. The second-order valence-corrected chi connectivity index (χ2v) is 4.91. The van der Waals surface area contributed by atoms with Gasteiger partial charge in [-0.2, -0.15) is 5.10 Å². The van der Waals surface area contributed by atoms with Crippen LogP contribution in [0.15, 0.2) is 0 Å². The monoisotopic (exact) mass is 270 g/mol.